The van der Waals surface area contributed by atoms with E-state index in [1.54, 1.807) is 0 Å². The zero-order chi connectivity index (χ0) is 38.2. The first-order valence-electron chi connectivity index (χ1n) is 21.3. The highest BCUT2D eigenvalue weighted by Gasteiger charge is 2.20. The molecule has 2 atom stereocenters. The van der Waals surface area contributed by atoms with E-state index in [4.69, 9.17) is 19.9 Å². The first-order valence-corrected chi connectivity index (χ1v) is 21.3. The molecule has 0 saturated heterocycles. The number of nitrogens with one attached hydrogen (secondary N) is 1. The third kappa shape index (κ3) is 37.6. The highest BCUT2D eigenvalue weighted by Crippen LogP contribution is 2.21. The van der Waals surface area contributed by atoms with Crippen molar-refractivity contribution >= 4 is 23.8 Å². The molecule has 0 aromatic heterocycles. The van der Waals surface area contributed by atoms with E-state index in [-0.39, 0.29) is 55.4 Å². The van der Waals surface area contributed by atoms with Crippen LogP contribution in [-0.2, 0) is 33.4 Å². The van der Waals surface area contributed by atoms with Crippen molar-refractivity contribution in [1.82, 2.24) is 11.5 Å². The third-order valence-electron chi connectivity index (χ3n) is 9.04. The minimum absolute atomic E-state index is 0. The normalized spacial score (nSPS) is 11.7. The number of carbonyl (C=O) groups excluding carboxylic acids is 4. The molecule has 2 unspecified atom stereocenters. The zero-order valence-electron chi connectivity index (χ0n) is 34.7. The van der Waals surface area contributed by atoms with Crippen molar-refractivity contribution in [3.63, 3.8) is 0 Å². The van der Waals surface area contributed by atoms with Crippen LogP contribution < -0.4 is 17.2 Å². The molecular formula is C42H85N3O7. The summed E-state index contributed by atoms with van der Waals surface area (Å²) in [6, 6.07) is 0. The molecule has 0 heterocycles. The molecule has 0 bridgehead atoms. The molecule has 0 aliphatic carbocycles. The molecule has 1 amide bonds. The molecule has 310 valence electrons. The van der Waals surface area contributed by atoms with Gasteiger partial charge in [-0.3, -0.25) is 19.2 Å². The van der Waals surface area contributed by atoms with Crippen LogP contribution >= 0.6 is 0 Å². The maximum absolute atomic E-state index is 12.8. The summed E-state index contributed by atoms with van der Waals surface area (Å²) in [5.74, 6) is -0.832. The van der Waals surface area contributed by atoms with E-state index in [0.717, 1.165) is 109 Å². The van der Waals surface area contributed by atoms with Gasteiger partial charge in [-0.1, -0.05) is 150 Å². The van der Waals surface area contributed by atoms with Gasteiger partial charge < -0.3 is 31.4 Å². The van der Waals surface area contributed by atoms with Crippen LogP contribution in [0.4, 0.5) is 0 Å². The number of ether oxygens (including phenoxy) is 3. The Morgan fingerprint density at radius 2 is 0.846 bits per heavy atom. The molecule has 0 aromatic carbocycles. The Labute approximate surface area is 320 Å². The van der Waals surface area contributed by atoms with E-state index in [1.807, 2.05) is 6.92 Å². The predicted molar refractivity (Wildman–Crippen MR) is 215 cm³/mol. The lowest BCUT2D eigenvalue weighted by molar-refractivity contribution is -0.150. The highest BCUT2D eigenvalue weighted by atomic mass is 16.5. The van der Waals surface area contributed by atoms with Crippen molar-refractivity contribution in [3.05, 3.63) is 0 Å². The van der Waals surface area contributed by atoms with E-state index in [2.05, 4.69) is 33.0 Å². The number of rotatable bonds is 35. The minimum atomic E-state index is -0.439. The van der Waals surface area contributed by atoms with Crippen LogP contribution in [0.15, 0.2) is 0 Å². The summed E-state index contributed by atoms with van der Waals surface area (Å²) in [6.07, 6.45) is 26.5. The number of hydrogen-bond acceptors (Lipinski definition) is 9. The lowest BCUT2D eigenvalue weighted by Crippen LogP contribution is -2.30. The van der Waals surface area contributed by atoms with E-state index < -0.39 is 5.97 Å². The van der Waals surface area contributed by atoms with Crippen molar-refractivity contribution in [1.29, 1.82) is 0 Å². The fourth-order valence-corrected chi connectivity index (χ4v) is 5.96. The summed E-state index contributed by atoms with van der Waals surface area (Å²) < 4.78 is 16.3. The summed E-state index contributed by atoms with van der Waals surface area (Å²) in [7, 11) is 0. The van der Waals surface area contributed by atoms with Crippen LogP contribution in [0.5, 0.6) is 0 Å². The van der Waals surface area contributed by atoms with Gasteiger partial charge in [-0.25, -0.2) is 0 Å². The number of amides is 1. The zero-order valence-corrected chi connectivity index (χ0v) is 34.7. The smallest absolute Gasteiger partial charge is 0.325 e. The van der Waals surface area contributed by atoms with Gasteiger partial charge in [0.15, 0.2) is 0 Å². The second-order valence-corrected chi connectivity index (χ2v) is 14.0. The van der Waals surface area contributed by atoms with Gasteiger partial charge in [-0.2, -0.15) is 0 Å². The third-order valence-corrected chi connectivity index (χ3v) is 9.04. The van der Waals surface area contributed by atoms with Gasteiger partial charge in [0.1, 0.15) is 6.54 Å². The van der Waals surface area contributed by atoms with Crippen LogP contribution in [0.25, 0.3) is 0 Å². The Hall–Kier alpha value is -2.20. The Morgan fingerprint density at radius 3 is 1.35 bits per heavy atom. The maximum atomic E-state index is 12.8. The fraction of sp³-hybridized carbons (Fsp3) is 0.905. The quantitative estimate of drug-likeness (QED) is 0.0325. The second-order valence-electron chi connectivity index (χ2n) is 14.0. The van der Waals surface area contributed by atoms with Gasteiger partial charge in [0.2, 0.25) is 5.91 Å². The SMILES string of the molecule is CCCCCCCCC(CCCCCC)C(=O)OCCCCCCCCOC(=O)CNC(=O)CCCOC(=O)C(CCC)CCCCC.CCN.N. The van der Waals surface area contributed by atoms with Crippen LogP contribution in [0.2, 0.25) is 0 Å². The van der Waals surface area contributed by atoms with Gasteiger partial charge >= 0.3 is 17.9 Å². The minimum Gasteiger partial charge on any atom is -0.465 e. The van der Waals surface area contributed by atoms with Crippen LogP contribution in [0.1, 0.15) is 202 Å². The molecule has 0 rings (SSSR count). The number of hydrogen-bond donors (Lipinski definition) is 3. The van der Waals surface area contributed by atoms with Crippen molar-refractivity contribution in [2.75, 3.05) is 32.9 Å². The molecular weight excluding hydrogens is 658 g/mol. The average molecular weight is 744 g/mol. The molecule has 10 nitrogen and oxygen atoms in total. The van der Waals surface area contributed by atoms with E-state index in [0.29, 0.717) is 19.6 Å². The molecule has 0 aromatic rings. The molecule has 52 heavy (non-hydrogen) atoms. The van der Waals surface area contributed by atoms with Gasteiger partial charge in [0.25, 0.3) is 0 Å². The fourth-order valence-electron chi connectivity index (χ4n) is 5.96. The Bertz CT molecular complexity index is 812. The Balaban J connectivity index is -0.00000578. The number of carbonyl (C=O) groups is 4. The van der Waals surface area contributed by atoms with Crippen LogP contribution in [0, 0.1) is 11.8 Å². The average Bonchev–Trinajstić information content (AvgIpc) is 3.12. The summed E-state index contributed by atoms with van der Waals surface area (Å²) in [5, 5.41) is 2.59. The lowest BCUT2D eigenvalue weighted by atomic mass is 9.94. The second kappa shape index (κ2) is 43.2. The van der Waals surface area contributed by atoms with Gasteiger partial charge in [-0.05, 0) is 51.5 Å². The van der Waals surface area contributed by atoms with Gasteiger partial charge in [0.05, 0.1) is 31.7 Å². The topological polar surface area (TPSA) is 169 Å². The first kappa shape index (κ1) is 54.1. The number of esters is 3. The van der Waals surface area contributed by atoms with Crippen LogP contribution in [0.3, 0.4) is 0 Å². The number of nitrogens with two attached hydrogens (primary N) is 1. The molecule has 0 aliphatic rings. The van der Waals surface area contributed by atoms with E-state index in [9.17, 15) is 19.2 Å². The maximum Gasteiger partial charge on any atom is 0.325 e. The highest BCUT2D eigenvalue weighted by molar-refractivity contribution is 5.81. The summed E-state index contributed by atoms with van der Waals surface area (Å²) in [5.41, 5.74) is 4.85. The first-order chi connectivity index (χ1) is 24.8. The molecule has 0 saturated carbocycles. The summed E-state index contributed by atoms with van der Waals surface area (Å²) >= 11 is 0. The summed E-state index contributed by atoms with van der Waals surface area (Å²) in [6.45, 7) is 12.2. The molecule has 10 heteroatoms. The predicted octanol–water partition coefficient (Wildman–Crippen LogP) is 10.3. The Kier molecular flexibility index (Phi) is 45.0. The molecule has 0 aliphatic heterocycles. The standard InChI is InChI=1S/C40H75NO7.C2H7N.H3N/c1-5-9-12-14-17-22-29-36(28-21-13-10-6-2)40(45)47-32-24-19-16-15-18-23-31-46-38(43)34-41-37(42)30-25-33-48-39(44)35(26-8-4)27-20-11-7-3;1-2-3;/h35-36H,5-34H2,1-4H3,(H,41,42);2-3H2,1H3;1H3. The summed E-state index contributed by atoms with van der Waals surface area (Å²) in [4.78, 5) is 49.1. The van der Waals surface area contributed by atoms with Crippen molar-refractivity contribution in [2.24, 2.45) is 17.6 Å². The number of unbranched alkanes of at least 4 members (excludes halogenated alkanes) is 15. The monoisotopic (exact) mass is 744 g/mol. The molecule has 0 radical (unpaired) electrons. The van der Waals surface area contributed by atoms with Gasteiger partial charge in [0, 0.05) is 6.42 Å². The van der Waals surface area contributed by atoms with E-state index >= 15 is 0 Å². The molecule has 6 N–H and O–H groups in total. The van der Waals surface area contributed by atoms with Gasteiger partial charge in [-0.15, -0.1) is 0 Å². The lowest BCUT2D eigenvalue weighted by Gasteiger charge is -2.16. The van der Waals surface area contributed by atoms with Crippen molar-refractivity contribution < 1.29 is 33.4 Å². The van der Waals surface area contributed by atoms with E-state index in [1.165, 1.54) is 51.4 Å². The largest absolute Gasteiger partial charge is 0.465 e. The van der Waals surface area contributed by atoms with Crippen LogP contribution in [-0.4, -0.2) is 56.7 Å². The molecule has 0 spiro atoms. The van der Waals surface area contributed by atoms with Crippen molar-refractivity contribution in [2.45, 2.75) is 202 Å². The molecule has 0 fully saturated rings. The van der Waals surface area contributed by atoms with Crippen molar-refractivity contribution in [3.8, 4) is 0 Å². The Morgan fingerprint density at radius 1 is 0.481 bits per heavy atom.